The molecule has 1 aromatic carbocycles. The molecule has 0 atom stereocenters. The van der Waals surface area contributed by atoms with Gasteiger partial charge in [0, 0.05) is 41.5 Å². The van der Waals surface area contributed by atoms with E-state index in [2.05, 4.69) is 44.6 Å². The predicted octanol–water partition coefficient (Wildman–Crippen LogP) is 4.89. The summed E-state index contributed by atoms with van der Waals surface area (Å²) in [7, 11) is 0. The van der Waals surface area contributed by atoms with Gasteiger partial charge in [-0.05, 0) is 62.2 Å². The molecule has 1 aliphatic rings. The fraction of sp³-hybridized carbons (Fsp3) is 0.407. The Balaban J connectivity index is 1.53. The van der Waals surface area contributed by atoms with Crippen LogP contribution in [0.5, 0.6) is 5.88 Å². The van der Waals surface area contributed by atoms with Gasteiger partial charge in [-0.3, -0.25) is 4.79 Å². The first-order chi connectivity index (χ1) is 18.3. The Morgan fingerprint density at radius 3 is 2.71 bits per heavy atom. The number of nitrogens with zero attached hydrogens (tertiary/aromatic N) is 4. The van der Waals surface area contributed by atoms with Crippen LogP contribution in [0.3, 0.4) is 0 Å². The van der Waals surface area contributed by atoms with E-state index in [0.29, 0.717) is 54.6 Å². The quantitative estimate of drug-likeness (QED) is 0.296. The topological polar surface area (TPSA) is 113 Å². The van der Waals surface area contributed by atoms with Crippen molar-refractivity contribution < 1.29 is 19.0 Å². The van der Waals surface area contributed by atoms with Crippen LogP contribution in [0.25, 0.3) is 11.3 Å². The molecule has 9 nitrogen and oxygen atoms in total. The largest absolute Gasteiger partial charge is 0.475 e. The Morgan fingerprint density at radius 2 is 1.97 bits per heavy atom. The standard InChI is InChI=1S/C27H32ClFN6O3/c1-3-35(4-2)10-8-26(37)32-25-14-19(7-9-30-25)31-24-15-23(21-13-18(28)5-6-22(21)29)33-34-27(24)38-16-17-11-20(36)12-17/h5-7,9,13-15,17,20,36H,3-4,8,10-12,16H2,1-2H3,(H2,30,31,32,33,37)/t17-,20+. The van der Waals surface area contributed by atoms with Crippen LogP contribution >= 0.6 is 11.6 Å². The number of carbonyl (C=O) groups is 1. The molecule has 0 saturated heterocycles. The number of halogens is 2. The van der Waals surface area contributed by atoms with Crippen LogP contribution in [-0.2, 0) is 4.79 Å². The Bertz CT molecular complexity index is 1250. The highest BCUT2D eigenvalue weighted by atomic mass is 35.5. The van der Waals surface area contributed by atoms with E-state index in [-0.39, 0.29) is 35.1 Å². The highest BCUT2D eigenvalue weighted by molar-refractivity contribution is 6.30. The number of anilines is 3. The SMILES string of the molecule is CCN(CC)CCC(=O)Nc1cc(Nc2cc(-c3cc(Cl)ccc3F)nnc2OC[C@H]2C[C@@H](O)C2)ccn1. The van der Waals surface area contributed by atoms with Gasteiger partial charge in [-0.25, -0.2) is 9.37 Å². The lowest BCUT2D eigenvalue weighted by Crippen LogP contribution is -2.32. The molecule has 0 unspecified atom stereocenters. The van der Waals surface area contributed by atoms with Gasteiger partial charge in [0.1, 0.15) is 17.3 Å². The molecule has 4 rings (SSSR count). The zero-order valence-corrected chi connectivity index (χ0v) is 22.2. The number of aliphatic hydroxyl groups excluding tert-OH is 1. The lowest BCUT2D eigenvalue weighted by molar-refractivity contribution is -0.116. The number of benzene rings is 1. The van der Waals surface area contributed by atoms with Crippen LogP contribution in [-0.4, -0.2) is 63.4 Å². The van der Waals surface area contributed by atoms with Gasteiger partial charge in [0.2, 0.25) is 5.91 Å². The second kappa shape index (κ2) is 12.9. The van der Waals surface area contributed by atoms with E-state index in [4.69, 9.17) is 16.3 Å². The monoisotopic (exact) mass is 542 g/mol. The van der Waals surface area contributed by atoms with Crippen LogP contribution in [0, 0.1) is 11.7 Å². The number of hydrogen-bond acceptors (Lipinski definition) is 8. The maximum atomic E-state index is 14.5. The summed E-state index contributed by atoms with van der Waals surface area (Å²) < 4.78 is 20.5. The van der Waals surface area contributed by atoms with Crippen molar-refractivity contribution in [1.29, 1.82) is 0 Å². The summed E-state index contributed by atoms with van der Waals surface area (Å²) in [4.78, 5) is 18.9. The molecular weight excluding hydrogens is 511 g/mol. The highest BCUT2D eigenvalue weighted by Crippen LogP contribution is 2.33. The van der Waals surface area contributed by atoms with Crippen LogP contribution in [0.4, 0.5) is 21.6 Å². The van der Waals surface area contributed by atoms with Crippen LogP contribution in [0.1, 0.15) is 33.1 Å². The van der Waals surface area contributed by atoms with Gasteiger partial charge in [0.15, 0.2) is 0 Å². The van der Waals surface area contributed by atoms with Gasteiger partial charge in [-0.15, -0.1) is 10.2 Å². The van der Waals surface area contributed by atoms with E-state index in [0.717, 1.165) is 13.1 Å². The molecule has 0 aliphatic heterocycles. The Hall–Kier alpha value is -3.34. The molecule has 11 heteroatoms. The third-order valence-electron chi connectivity index (χ3n) is 6.49. The third kappa shape index (κ3) is 7.37. The van der Waals surface area contributed by atoms with E-state index >= 15 is 0 Å². The minimum atomic E-state index is -0.481. The van der Waals surface area contributed by atoms with E-state index in [1.165, 1.54) is 18.2 Å². The van der Waals surface area contributed by atoms with Crippen molar-refractivity contribution in [2.75, 3.05) is 36.9 Å². The minimum absolute atomic E-state index is 0.127. The van der Waals surface area contributed by atoms with Crippen molar-refractivity contribution in [2.24, 2.45) is 5.92 Å². The molecule has 0 bridgehead atoms. The number of hydrogen-bond donors (Lipinski definition) is 3. The second-order valence-electron chi connectivity index (χ2n) is 9.25. The first-order valence-corrected chi connectivity index (χ1v) is 13.1. The fourth-order valence-electron chi connectivity index (χ4n) is 4.17. The van der Waals surface area contributed by atoms with Gasteiger partial charge in [-0.1, -0.05) is 25.4 Å². The maximum Gasteiger partial charge on any atom is 0.257 e. The number of aliphatic hydroxyl groups is 1. The number of carbonyl (C=O) groups excluding carboxylic acids is 1. The number of rotatable bonds is 12. The lowest BCUT2D eigenvalue weighted by Gasteiger charge is -2.30. The molecule has 0 radical (unpaired) electrons. The third-order valence-corrected chi connectivity index (χ3v) is 6.72. The summed E-state index contributed by atoms with van der Waals surface area (Å²) >= 11 is 6.08. The molecule has 38 heavy (non-hydrogen) atoms. The normalized spacial score (nSPS) is 16.7. The Morgan fingerprint density at radius 1 is 1.18 bits per heavy atom. The summed E-state index contributed by atoms with van der Waals surface area (Å²) in [6, 6.07) is 9.29. The molecule has 1 saturated carbocycles. The van der Waals surface area contributed by atoms with Gasteiger partial charge < -0.3 is 25.4 Å². The lowest BCUT2D eigenvalue weighted by atomic mass is 9.83. The van der Waals surface area contributed by atoms with Gasteiger partial charge in [-0.2, -0.15) is 0 Å². The number of amides is 1. The van der Waals surface area contributed by atoms with Gasteiger partial charge >= 0.3 is 0 Å². The zero-order valence-electron chi connectivity index (χ0n) is 21.5. The molecule has 202 valence electrons. The van der Waals surface area contributed by atoms with Crippen molar-refractivity contribution >= 4 is 34.7 Å². The van der Waals surface area contributed by atoms with Gasteiger partial charge in [0.25, 0.3) is 5.88 Å². The second-order valence-corrected chi connectivity index (χ2v) is 9.69. The molecule has 0 spiro atoms. The summed E-state index contributed by atoms with van der Waals surface area (Å²) in [6.45, 7) is 6.93. The van der Waals surface area contributed by atoms with Crippen LogP contribution < -0.4 is 15.4 Å². The molecule has 1 aliphatic carbocycles. The van der Waals surface area contributed by atoms with E-state index < -0.39 is 5.82 Å². The number of nitrogens with one attached hydrogen (secondary N) is 2. The Kier molecular flexibility index (Phi) is 9.43. The number of pyridine rings is 1. The highest BCUT2D eigenvalue weighted by Gasteiger charge is 2.28. The minimum Gasteiger partial charge on any atom is -0.475 e. The summed E-state index contributed by atoms with van der Waals surface area (Å²) in [6.07, 6.45) is 2.98. The van der Waals surface area contributed by atoms with Crippen molar-refractivity contribution in [2.45, 2.75) is 39.2 Å². The summed E-state index contributed by atoms with van der Waals surface area (Å²) in [5.74, 6) is 0.250. The van der Waals surface area contributed by atoms with E-state index in [1.807, 2.05) is 0 Å². The summed E-state index contributed by atoms with van der Waals surface area (Å²) in [5.41, 5.74) is 1.56. The molecule has 2 aromatic heterocycles. The average molecular weight is 543 g/mol. The average Bonchev–Trinajstić information content (AvgIpc) is 2.88. The Labute approximate surface area is 226 Å². The fourth-order valence-corrected chi connectivity index (χ4v) is 4.34. The van der Waals surface area contributed by atoms with E-state index in [9.17, 15) is 14.3 Å². The van der Waals surface area contributed by atoms with Crippen molar-refractivity contribution in [3.05, 3.63) is 53.4 Å². The molecule has 1 fully saturated rings. The van der Waals surface area contributed by atoms with Crippen molar-refractivity contribution in [3.63, 3.8) is 0 Å². The predicted molar refractivity (Wildman–Crippen MR) is 145 cm³/mol. The van der Waals surface area contributed by atoms with E-state index in [1.54, 1.807) is 24.4 Å². The van der Waals surface area contributed by atoms with Crippen LogP contribution in [0.15, 0.2) is 42.6 Å². The zero-order chi connectivity index (χ0) is 27.1. The van der Waals surface area contributed by atoms with Gasteiger partial charge in [0.05, 0.1) is 18.4 Å². The maximum absolute atomic E-state index is 14.5. The molecule has 3 aromatic rings. The molecular formula is C27H32ClFN6O3. The number of aromatic nitrogens is 3. The molecule has 1 amide bonds. The first kappa shape index (κ1) is 27.7. The molecule has 2 heterocycles. The van der Waals surface area contributed by atoms with Crippen molar-refractivity contribution in [1.82, 2.24) is 20.1 Å². The first-order valence-electron chi connectivity index (χ1n) is 12.7. The van der Waals surface area contributed by atoms with Crippen molar-refractivity contribution in [3.8, 4) is 17.1 Å². The summed E-state index contributed by atoms with van der Waals surface area (Å²) in [5, 5.41) is 24.4. The number of ether oxygens (including phenoxy) is 1. The molecule has 3 N–H and O–H groups in total. The smallest absolute Gasteiger partial charge is 0.257 e. The van der Waals surface area contributed by atoms with Crippen LogP contribution in [0.2, 0.25) is 5.02 Å².